The third-order valence-electron chi connectivity index (χ3n) is 4.36. The van der Waals surface area contributed by atoms with Gasteiger partial charge in [0.25, 0.3) is 0 Å². The fourth-order valence-corrected chi connectivity index (χ4v) is 2.84. The highest BCUT2D eigenvalue weighted by Crippen LogP contribution is 2.45. The molecule has 0 saturated heterocycles. The van der Waals surface area contributed by atoms with Crippen LogP contribution in [-0.4, -0.2) is 11.9 Å². The summed E-state index contributed by atoms with van der Waals surface area (Å²) in [7, 11) is 0. The Balaban J connectivity index is 2.26. The maximum absolute atomic E-state index is 13.8. The molecule has 0 unspecified atom stereocenters. The lowest BCUT2D eigenvalue weighted by Gasteiger charge is -2.13. The van der Waals surface area contributed by atoms with Gasteiger partial charge in [0.1, 0.15) is 22.6 Å². The molecule has 0 bridgehead atoms. The molecule has 1 heterocycles. The molecule has 0 spiro atoms. The molecule has 0 aliphatic rings. The molecule has 0 saturated carbocycles. The van der Waals surface area contributed by atoms with E-state index in [1.807, 2.05) is 0 Å². The number of esters is 2. The Morgan fingerprint density at radius 3 is 1.83 bits per heavy atom. The Morgan fingerprint density at radius 2 is 1.33 bits per heavy atom. The van der Waals surface area contributed by atoms with E-state index in [1.54, 1.807) is 6.92 Å². The zero-order valence-corrected chi connectivity index (χ0v) is 16.4. The van der Waals surface area contributed by atoms with Gasteiger partial charge >= 0.3 is 18.1 Å². The summed E-state index contributed by atoms with van der Waals surface area (Å²) in [5, 5.41) is 0.564. The summed E-state index contributed by atoms with van der Waals surface area (Å²) in [6.07, 6.45) is -4.86. The van der Waals surface area contributed by atoms with Crippen molar-refractivity contribution >= 4 is 33.9 Å². The van der Waals surface area contributed by atoms with Gasteiger partial charge in [0.15, 0.2) is 5.58 Å². The van der Waals surface area contributed by atoms with E-state index in [2.05, 4.69) is 13.2 Å². The van der Waals surface area contributed by atoms with E-state index >= 15 is 0 Å². The first-order valence-electron chi connectivity index (χ1n) is 8.73. The van der Waals surface area contributed by atoms with Gasteiger partial charge in [-0.2, -0.15) is 13.2 Å². The predicted molar refractivity (Wildman–Crippen MR) is 104 cm³/mol. The van der Waals surface area contributed by atoms with Crippen molar-refractivity contribution < 1.29 is 36.7 Å². The number of carbonyl (C=O) groups excluding carboxylic acids is 2. The summed E-state index contributed by atoms with van der Waals surface area (Å²) in [6.45, 7) is 11.2. The van der Waals surface area contributed by atoms with Crippen LogP contribution in [-0.2, 0) is 15.8 Å². The third kappa shape index (κ3) is 3.68. The van der Waals surface area contributed by atoms with Crippen molar-refractivity contribution in [2.75, 3.05) is 0 Å². The van der Waals surface area contributed by atoms with Crippen molar-refractivity contribution in [2.24, 2.45) is 0 Å². The second-order valence-electron chi connectivity index (χ2n) is 6.82. The van der Waals surface area contributed by atoms with E-state index in [0.717, 1.165) is 6.07 Å². The van der Waals surface area contributed by atoms with Gasteiger partial charge in [0.05, 0.1) is 0 Å². The molecule has 30 heavy (non-hydrogen) atoms. The molecule has 156 valence electrons. The monoisotopic (exact) mass is 418 g/mol. The normalized spacial score (nSPS) is 11.5. The van der Waals surface area contributed by atoms with Crippen molar-refractivity contribution in [2.45, 2.75) is 26.9 Å². The number of halogens is 3. The number of hydrogen-bond donors (Lipinski definition) is 0. The second kappa shape index (κ2) is 7.37. The standard InChI is InChI=1S/C22H17F3O5/c1-10(2)20(26)28-15-8-6-13-14-7-9-16(29-21(27)11(3)4)17(22(23,24)25)19(14)30-18(13)12(15)5/h6-9H,1,3H2,2,4-5H3. The lowest BCUT2D eigenvalue weighted by molar-refractivity contribution is -0.140. The molecule has 0 aliphatic heterocycles. The summed E-state index contributed by atoms with van der Waals surface area (Å²) in [4.78, 5) is 23.6. The minimum Gasteiger partial charge on any atom is -0.455 e. The molecule has 0 aliphatic carbocycles. The molecule has 0 N–H and O–H groups in total. The first-order valence-corrected chi connectivity index (χ1v) is 8.73. The topological polar surface area (TPSA) is 65.7 Å². The zero-order valence-electron chi connectivity index (χ0n) is 16.4. The summed E-state index contributed by atoms with van der Waals surface area (Å²) in [5.41, 5.74) is -1.13. The number of aryl methyl sites for hydroxylation is 1. The van der Waals surface area contributed by atoms with E-state index in [-0.39, 0.29) is 27.9 Å². The molecule has 0 fully saturated rings. The van der Waals surface area contributed by atoms with Crippen molar-refractivity contribution in [3.8, 4) is 11.5 Å². The first kappa shape index (κ1) is 21.2. The van der Waals surface area contributed by atoms with E-state index in [4.69, 9.17) is 13.9 Å². The predicted octanol–water partition coefficient (Wildman–Crippen LogP) is 5.88. The number of hydrogen-bond acceptors (Lipinski definition) is 5. The fraction of sp³-hybridized carbons (Fsp3) is 0.182. The first-order chi connectivity index (χ1) is 13.9. The van der Waals surface area contributed by atoms with Crippen LogP contribution in [0.5, 0.6) is 11.5 Å². The number of carbonyl (C=O) groups is 2. The maximum atomic E-state index is 13.8. The Labute approximate surface area is 169 Å². The van der Waals surface area contributed by atoms with Crippen LogP contribution in [0.4, 0.5) is 13.2 Å². The highest BCUT2D eigenvalue weighted by molar-refractivity contribution is 6.08. The molecule has 3 rings (SSSR count). The van der Waals surface area contributed by atoms with E-state index in [1.165, 1.54) is 32.0 Å². The second-order valence-corrected chi connectivity index (χ2v) is 6.82. The van der Waals surface area contributed by atoms with E-state index in [0.29, 0.717) is 10.9 Å². The third-order valence-corrected chi connectivity index (χ3v) is 4.36. The molecular weight excluding hydrogens is 401 g/mol. The number of fused-ring (bicyclic) bond motifs is 3. The molecule has 8 heteroatoms. The van der Waals surface area contributed by atoms with Gasteiger partial charge in [-0.1, -0.05) is 13.2 Å². The van der Waals surface area contributed by atoms with Crippen molar-refractivity contribution in [1.29, 1.82) is 0 Å². The number of alkyl halides is 3. The molecular formula is C22H17F3O5. The highest BCUT2D eigenvalue weighted by atomic mass is 19.4. The summed E-state index contributed by atoms with van der Waals surface area (Å²) in [5.74, 6) is -2.20. The fourth-order valence-electron chi connectivity index (χ4n) is 2.84. The summed E-state index contributed by atoms with van der Waals surface area (Å²) < 4.78 is 57.2. The van der Waals surface area contributed by atoms with Gasteiger partial charge in [-0.05, 0) is 45.0 Å². The van der Waals surface area contributed by atoms with Crippen LogP contribution < -0.4 is 9.47 Å². The quantitative estimate of drug-likeness (QED) is 0.301. The van der Waals surface area contributed by atoms with Gasteiger partial charge in [-0.3, -0.25) is 0 Å². The largest absolute Gasteiger partial charge is 0.455 e. The average Bonchev–Trinajstić information content (AvgIpc) is 3.01. The van der Waals surface area contributed by atoms with Gasteiger partial charge in [-0.25, -0.2) is 9.59 Å². The Bertz CT molecular complexity index is 1230. The number of ether oxygens (including phenoxy) is 2. The number of benzene rings is 2. The smallest absolute Gasteiger partial charge is 0.423 e. The maximum Gasteiger partial charge on any atom is 0.423 e. The van der Waals surface area contributed by atoms with Crippen molar-refractivity contribution in [1.82, 2.24) is 0 Å². The lowest BCUT2D eigenvalue weighted by atomic mass is 10.1. The van der Waals surface area contributed by atoms with Crippen LogP contribution in [0, 0.1) is 6.92 Å². The Kier molecular flexibility index (Phi) is 5.20. The number of rotatable bonds is 4. The molecule has 0 radical (unpaired) electrons. The molecule has 3 aromatic rings. The van der Waals surface area contributed by atoms with Gasteiger partial charge in [0.2, 0.25) is 0 Å². The van der Waals surface area contributed by atoms with Crippen LogP contribution in [0.15, 0.2) is 53.0 Å². The zero-order chi connectivity index (χ0) is 22.4. The van der Waals surface area contributed by atoms with Crippen LogP contribution in [0.3, 0.4) is 0 Å². The van der Waals surface area contributed by atoms with Gasteiger partial charge in [-0.15, -0.1) is 0 Å². The highest BCUT2D eigenvalue weighted by Gasteiger charge is 2.39. The van der Waals surface area contributed by atoms with Crippen LogP contribution >= 0.6 is 0 Å². The molecule has 5 nitrogen and oxygen atoms in total. The Morgan fingerprint density at radius 1 is 0.867 bits per heavy atom. The number of furan rings is 1. The lowest BCUT2D eigenvalue weighted by Crippen LogP contribution is -2.14. The van der Waals surface area contributed by atoms with Crippen molar-refractivity contribution in [3.63, 3.8) is 0 Å². The van der Waals surface area contributed by atoms with Crippen molar-refractivity contribution in [3.05, 3.63) is 59.7 Å². The van der Waals surface area contributed by atoms with Crippen LogP contribution in [0.2, 0.25) is 0 Å². The minimum atomic E-state index is -4.86. The van der Waals surface area contributed by atoms with Crippen LogP contribution in [0.25, 0.3) is 21.9 Å². The molecule has 2 aromatic carbocycles. The molecule has 0 atom stereocenters. The summed E-state index contributed by atoms with van der Waals surface area (Å²) in [6, 6.07) is 5.40. The molecule has 0 amide bonds. The molecule has 1 aromatic heterocycles. The average molecular weight is 418 g/mol. The summed E-state index contributed by atoms with van der Waals surface area (Å²) >= 11 is 0. The SMILES string of the molecule is C=C(C)C(=O)Oc1ccc2c(oc3c(C(F)(F)F)c(OC(=O)C(=C)C)ccc32)c1C. The van der Waals surface area contributed by atoms with E-state index in [9.17, 15) is 22.8 Å². The van der Waals surface area contributed by atoms with Crippen LogP contribution in [0.1, 0.15) is 25.0 Å². The van der Waals surface area contributed by atoms with Gasteiger partial charge in [0, 0.05) is 27.5 Å². The van der Waals surface area contributed by atoms with Gasteiger partial charge < -0.3 is 13.9 Å². The van der Waals surface area contributed by atoms with E-state index < -0.39 is 35.0 Å². The Hall–Kier alpha value is -3.55. The minimum absolute atomic E-state index is 0.0485.